The summed E-state index contributed by atoms with van der Waals surface area (Å²) in [6.07, 6.45) is 3.51. The fourth-order valence-electron chi connectivity index (χ4n) is 3.76. The zero-order chi connectivity index (χ0) is 21.7. The van der Waals surface area contributed by atoms with E-state index >= 15 is 0 Å². The highest BCUT2D eigenvalue weighted by Gasteiger charge is 2.28. The standard InChI is InChI=1S/C23H29ClN2O3S/c1-17(2)15-22(18-9-5-3-6-10-18)25-23(27)20-16-19(11-12-21(20)24)30(28,29)26-13-7-4-8-14-26/h3,5-6,9-12,16-17,22H,4,7-8,13-15H2,1-2H3,(H,25,27)/t22-/m0/s1. The number of amides is 1. The second-order valence-corrected chi connectivity index (χ2v) is 10.5. The Morgan fingerprint density at radius 1 is 1.07 bits per heavy atom. The quantitative estimate of drug-likeness (QED) is 0.645. The van der Waals surface area contributed by atoms with E-state index in [-0.39, 0.29) is 27.4 Å². The van der Waals surface area contributed by atoms with Gasteiger partial charge >= 0.3 is 0 Å². The zero-order valence-electron chi connectivity index (χ0n) is 17.5. The number of carbonyl (C=O) groups excluding carboxylic acids is 1. The molecule has 2 aromatic carbocycles. The summed E-state index contributed by atoms with van der Waals surface area (Å²) in [7, 11) is -3.64. The molecule has 0 aliphatic carbocycles. The molecule has 1 atom stereocenters. The van der Waals surface area contributed by atoms with Gasteiger partial charge in [-0.2, -0.15) is 4.31 Å². The van der Waals surface area contributed by atoms with Gasteiger partial charge < -0.3 is 5.32 Å². The Kier molecular flexibility index (Phi) is 7.55. The van der Waals surface area contributed by atoms with Gasteiger partial charge in [0.1, 0.15) is 0 Å². The van der Waals surface area contributed by atoms with E-state index in [0.717, 1.165) is 31.2 Å². The molecule has 0 radical (unpaired) electrons. The van der Waals surface area contributed by atoms with Crippen molar-refractivity contribution in [3.8, 4) is 0 Å². The molecule has 0 unspecified atom stereocenters. The Balaban J connectivity index is 1.87. The lowest BCUT2D eigenvalue weighted by molar-refractivity contribution is 0.0932. The number of hydrogen-bond donors (Lipinski definition) is 1. The number of piperidine rings is 1. The summed E-state index contributed by atoms with van der Waals surface area (Å²) in [5.74, 6) is 0.00184. The van der Waals surface area contributed by atoms with Gasteiger partial charge in [0, 0.05) is 13.1 Å². The summed E-state index contributed by atoms with van der Waals surface area (Å²) in [6.45, 7) is 5.22. The molecule has 5 nitrogen and oxygen atoms in total. The summed E-state index contributed by atoms with van der Waals surface area (Å²) < 4.78 is 27.5. The van der Waals surface area contributed by atoms with Gasteiger partial charge in [-0.25, -0.2) is 8.42 Å². The Labute approximate surface area is 184 Å². The van der Waals surface area contributed by atoms with Crippen LogP contribution in [-0.2, 0) is 10.0 Å². The van der Waals surface area contributed by atoms with E-state index in [1.807, 2.05) is 30.3 Å². The van der Waals surface area contributed by atoms with Crippen molar-refractivity contribution in [1.29, 1.82) is 0 Å². The molecule has 1 saturated heterocycles. The van der Waals surface area contributed by atoms with Crippen LogP contribution in [0.2, 0.25) is 5.02 Å². The third kappa shape index (κ3) is 5.42. The van der Waals surface area contributed by atoms with Gasteiger partial charge in [-0.1, -0.05) is 62.2 Å². The molecule has 30 heavy (non-hydrogen) atoms. The fraction of sp³-hybridized carbons (Fsp3) is 0.435. The summed E-state index contributed by atoms with van der Waals surface area (Å²) in [6, 6.07) is 14.0. The Morgan fingerprint density at radius 3 is 2.37 bits per heavy atom. The summed E-state index contributed by atoms with van der Waals surface area (Å²) >= 11 is 6.29. The summed E-state index contributed by atoms with van der Waals surface area (Å²) in [5, 5.41) is 3.29. The lowest BCUT2D eigenvalue weighted by atomic mass is 9.96. The van der Waals surface area contributed by atoms with Gasteiger partial charge in [0.05, 0.1) is 21.5 Å². The van der Waals surface area contributed by atoms with E-state index in [1.165, 1.54) is 22.5 Å². The molecule has 1 aliphatic heterocycles. The first-order valence-electron chi connectivity index (χ1n) is 10.4. The van der Waals surface area contributed by atoms with Crippen LogP contribution in [0.25, 0.3) is 0 Å². The number of nitrogens with zero attached hydrogens (tertiary/aromatic N) is 1. The predicted molar refractivity (Wildman–Crippen MR) is 120 cm³/mol. The highest BCUT2D eigenvalue weighted by Crippen LogP contribution is 2.27. The number of nitrogens with one attached hydrogen (secondary N) is 1. The number of hydrogen-bond acceptors (Lipinski definition) is 3. The van der Waals surface area contributed by atoms with Crippen LogP contribution in [0.1, 0.15) is 61.5 Å². The molecule has 7 heteroatoms. The smallest absolute Gasteiger partial charge is 0.253 e. The minimum absolute atomic E-state index is 0.110. The van der Waals surface area contributed by atoms with Crippen molar-refractivity contribution in [2.45, 2.75) is 50.5 Å². The van der Waals surface area contributed by atoms with Gasteiger partial charge in [-0.3, -0.25) is 4.79 Å². The minimum Gasteiger partial charge on any atom is -0.345 e. The molecule has 162 valence electrons. The van der Waals surface area contributed by atoms with Gasteiger partial charge in [-0.15, -0.1) is 0 Å². The molecule has 0 aromatic heterocycles. The summed E-state index contributed by atoms with van der Waals surface area (Å²) in [4.78, 5) is 13.2. The molecule has 0 spiro atoms. The monoisotopic (exact) mass is 448 g/mol. The Morgan fingerprint density at radius 2 is 1.73 bits per heavy atom. The van der Waals surface area contributed by atoms with Gasteiger partial charge in [0.25, 0.3) is 5.91 Å². The molecule has 2 aromatic rings. The van der Waals surface area contributed by atoms with E-state index < -0.39 is 10.0 Å². The first-order chi connectivity index (χ1) is 14.3. The third-order valence-corrected chi connectivity index (χ3v) is 7.57. The van der Waals surface area contributed by atoms with Gasteiger partial charge in [-0.05, 0) is 48.9 Å². The van der Waals surface area contributed by atoms with Crippen LogP contribution in [0, 0.1) is 5.92 Å². The normalized spacial score (nSPS) is 16.4. The molecule has 1 N–H and O–H groups in total. The van der Waals surface area contributed by atoms with E-state index in [1.54, 1.807) is 0 Å². The molecule has 0 saturated carbocycles. The van der Waals surface area contributed by atoms with Crippen LogP contribution in [0.3, 0.4) is 0 Å². The summed E-state index contributed by atoms with van der Waals surface area (Å²) in [5.41, 5.74) is 1.19. The maximum absolute atomic E-state index is 13.1. The van der Waals surface area contributed by atoms with Crippen LogP contribution in [-0.4, -0.2) is 31.7 Å². The molecule has 3 rings (SSSR count). The number of halogens is 1. The van der Waals surface area contributed by atoms with Crippen molar-refractivity contribution in [2.75, 3.05) is 13.1 Å². The number of rotatable bonds is 7. The molecule has 1 fully saturated rings. The molecule has 1 amide bonds. The number of carbonyl (C=O) groups is 1. The molecule has 1 heterocycles. The number of benzene rings is 2. The lowest BCUT2D eigenvalue weighted by Gasteiger charge is -2.26. The largest absolute Gasteiger partial charge is 0.345 e. The topological polar surface area (TPSA) is 66.5 Å². The third-order valence-electron chi connectivity index (χ3n) is 5.35. The first kappa shape index (κ1) is 22.8. The van der Waals surface area contributed by atoms with Gasteiger partial charge in [0.2, 0.25) is 10.0 Å². The van der Waals surface area contributed by atoms with Crippen LogP contribution >= 0.6 is 11.6 Å². The highest BCUT2D eigenvalue weighted by atomic mass is 35.5. The van der Waals surface area contributed by atoms with Crippen molar-refractivity contribution in [2.24, 2.45) is 5.92 Å². The molecule has 0 bridgehead atoms. The predicted octanol–water partition coefficient (Wildman–Crippen LogP) is 5.03. The second kappa shape index (κ2) is 9.94. The van der Waals surface area contributed by atoms with E-state index in [2.05, 4.69) is 19.2 Å². The number of sulfonamides is 1. The van der Waals surface area contributed by atoms with E-state index in [9.17, 15) is 13.2 Å². The van der Waals surface area contributed by atoms with Crippen molar-refractivity contribution in [3.63, 3.8) is 0 Å². The maximum Gasteiger partial charge on any atom is 0.253 e. The first-order valence-corrected chi connectivity index (χ1v) is 12.3. The van der Waals surface area contributed by atoms with Crippen molar-refractivity contribution in [1.82, 2.24) is 9.62 Å². The van der Waals surface area contributed by atoms with Crippen molar-refractivity contribution >= 4 is 27.5 Å². The maximum atomic E-state index is 13.1. The van der Waals surface area contributed by atoms with E-state index in [0.29, 0.717) is 19.0 Å². The van der Waals surface area contributed by atoms with Crippen molar-refractivity contribution in [3.05, 3.63) is 64.7 Å². The average molecular weight is 449 g/mol. The van der Waals surface area contributed by atoms with Crippen LogP contribution in [0.5, 0.6) is 0 Å². The molecule has 1 aliphatic rings. The van der Waals surface area contributed by atoms with Crippen molar-refractivity contribution < 1.29 is 13.2 Å². The zero-order valence-corrected chi connectivity index (χ0v) is 19.0. The minimum atomic E-state index is -3.64. The van der Waals surface area contributed by atoms with E-state index in [4.69, 9.17) is 11.6 Å². The van der Waals surface area contributed by atoms with Gasteiger partial charge in [0.15, 0.2) is 0 Å². The fourth-order valence-corrected chi connectivity index (χ4v) is 5.51. The highest BCUT2D eigenvalue weighted by molar-refractivity contribution is 7.89. The van der Waals surface area contributed by atoms with Crippen LogP contribution in [0.4, 0.5) is 0 Å². The van der Waals surface area contributed by atoms with Crippen LogP contribution in [0.15, 0.2) is 53.4 Å². The molecular weight excluding hydrogens is 420 g/mol. The average Bonchev–Trinajstić information content (AvgIpc) is 2.74. The second-order valence-electron chi connectivity index (χ2n) is 8.17. The Bertz CT molecular complexity index is 971. The SMILES string of the molecule is CC(C)C[C@H](NC(=O)c1cc(S(=O)(=O)N2CCCCC2)ccc1Cl)c1ccccc1. The lowest BCUT2D eigenvalue weighted by Crippen LogP contribution is -2.36. The Hall–Kier alpha value is -1.89. The van der Waals surface area contributed by atoms with Crippen LogP contribution < -0.4 is 5.32 Å². The molecular formula is C23H29ClN2O3S.